The molecule has 1 unspecified atom stereocenters. The zero-order chi connectivity index (χ0) is 10.5. The molecular formula is C12H17NOS. The molecule has 2 nitrogen and oxygen atoms in total. The molecule has 2 atom stereocenters. The summed E-state index contributed by atoms with van der Waals surface area (Å²) < 4.78 is 5.55. The first-order valence-electron chi connectivity index (χ1n) is 5.32. The maximum atomic E-state index is 5.55. The standard InChI is InChI=1S/C12H17NOS/c1-14-11(12-13-7-8-15-12)9-10-5-3-2-4-6-10/h2-6,11-13H,7-9H2,1H3/t11?,12-/m0/s1. The summed E-state index contributed by atoms with van der Waals surface area (Å²) in [7, 11) is 1.80. The Morgan fingerprint density at radius 3 is 2.87 bits per heavy atom. The minimum atomic E-state index is 0.278. The summed E-state index contributed by atoms with van der Waals surface area (Å²) in [6.07, 6.45) is 1.27. The molecular weight excluding hydrogens is 206 g/mol. The molecule has 0 radical (unpaired) electrons. The number of thioether (sulfide) groups is 1. The van der Waals surface area contributed by atoms with Crippen molar-refractivity contribution in [3.8, 4) is 0 Å². The maximum Gasteiger partial charge on any atom is 0.0857 e. The van der Waals surface area contributed by atoms with E-state index in [1.54, 1.807) is 7.11 Å². The molecule has 1 aliphatic heterocycles. The molecule has 0 aliphatic carbocycles. The highest BCUT2D eigenvalue weighted by Crippen LogP contribution is 2.21. The fraction of sp³-hybridized carbons (Fsp3) is 0.500. The zero-order valence-corrected chi connectivity index (χ0v) is 9.80. The average molecular weight is 223 g/mol. The van der Waals surface area contributed by atoms with Gasteiger partial charge in [-0.15, -0.1) is 11.8 Å². The molecule has 15 heavy (non-hydrogen) atoms. The molecule has 0 aromatic heterocycles. The molecule has 0 spiro atoms. The van der Waals surface area contributed by atoms with Crippen LogP contribution in [-0.4, -0.2) is 30.9 Å². The van der Waals surface area contributed by atoms with Gasteiger partial charge in [-0.25, -0.2) is 0 Å². The van der Waals surface area contributed by atoms with Crippen LogP contribution in [0.4, 0.5) is 0 Å². The van der Waals surface area contributed by atoms with Gasteiger partial charge in [-0.2, -0.15) is 0 Å². The first-order valence-corrected chi connectivity index (χ1v) is 6.37. The van der Waals surface area contributed by atoms with Crippen LogP contribution in [0, 0.1) is 0 Å². The zero-order valence-electron chi connectivity index (χ0n) is 8.98. The minimum absolute atomic E-state index is 0.278. The molecule has 82 valence electrons. The predicted molar refractivity (Wildman–Crippen MR) is 65.2 cm³/mol. The molecule has 1 heterocycles. The van der Waals surface area contributed by atoms with Crippen molar-refractivity contribution in [2.24, 2.45) is 0 Å². The Bertz CT molecular complexity index is 285. The van der Waals surface area contributed by atoms with E-state index < -0.39 is 0 Å². The van der Waals surface area contributed by atoms with Crippen molar-refractivity contribution in [1.82, 2.24) is 5.32 Å². The second-order valence-corrected chi connectivity index (χ2v) is 4.96. The Kier molecular flexibility index (Phi) is 4.06. The smallest absolute Gasteiger partial charge is 0.0857 e. The average Bonchev–Trinajstić information content (AvgIpc) is 2.81. The molecule has 0 saturated carbocycles. The van der Waals surface area contributed by atoms with Crippen molar-refractivity contribution >= 4 is 11.8 Å². The van der Waals surface area contributed by atoms with Gasteiger partial charge >= 0.3 is 0 Å². The Morgan fingerprint density at radius 1 is 1.47 bits per heavy atom. The van der Waals surface area contributed by atoms with Crippen LogP contribution in [0.3, 0.4) is 0 Å². The van der Waals surface area contributed by atoms with Gasteiger partial charge in [0.2, 0.25) is 0 Å². The van der Waals surface area contributed by atoms with Gasteiger partial charge in [0.1, 0.15) is 0 Å². The van der Waals surface area contributed by atoms with Gasteiger partial charge in [0.15, 0.2) is 0 Å². The van der Waals surface area contributed by atoms with E-state index in [4.69, 9.17) is 4.74 Å². The molecule has 2 rings (SSSR count). The highest BCUT2D eigenvalue weighted by atomic mass is 32.2. The minimum Gasteiger partial charge on any atom is -0.379 e. The Morgan fingerprint density at radius 2 is 2.27 bits per heavy atom. The lowest BCUT2D eigenvalue weighted by Gasteiger charge is -2.21. The molecule has 1 fully saturated rings. The second-order valence-electron chi connectivity index (χ2n) is 3.71. The molecule has 1 N–H and O–H groups in total. The van der Waals surface area contributed by atoms with E-state index in [9.17, 15) is 0 Å². The number of rotatable bonds is 4. The number of benzene rings is 1. The highest BCUT2D eigenvalue weighted by Gasteiger charge is 2.24. The van der Waals surface area contributed by atoms with E-state index in [1.165, 1.54) is 11.3 Å². The fourth-order valence-corrected chi connectivity index (χ4v) is 2.99. The van der Waals surface area contributed by atoms with E-state index in [1.807, 2.05) is 17.8 Å². The van der Waals surface area contributed by atoms with Crippen molar-refractivity contribution in [1.29, 1.82) is 0 Å². The third kappa shape index (κ3) is 2.97. The summed E-state index contributed by atoms with van der Waals surface area (Å²) >= 11 is 1.96. The summed E-state index contributed by atoms with van der Waals surface area (Å²) in [5.74, 6) is 1.19. The van der Waals surface area contributed by atoms with Crippen molar-refractivity contribution in [3.63, 3.8) is 0 Å². The van der Waals surface area contributed by atoms with Gasteiger partial charge in [-0.3, -0.25) is 0 Å². The number of nitrogens with one attached hydrogen (secondary N) is 1. The van der Waals surface area contributed by atoms with E-state index in [2.05, 4.69) is 29.6 Å². The lowest BCUT2D eigenvalue weighted by atomic mass is 10.1. The van der Waals surface area contributed by atoms with E-state index >= 15 is 0 Å². The van der Waals surface area contributed by atoms with Gasteiger partial charge in [-0.1, -0.05) is 30.3 Å². The summed E-state index contributed by atoms with van der Waals surface area (Å²) in [4.78, 5) is 0. The third-order valence-electron chi connectivity index (χ3n) is 2.67. The van der Waals surface area contributed by atoms with Crippen LogP contribution in [-0.2, 0) is 11.2 Å². The van der Waals surface area contributed by atoms with E-state index in [0.717, 1.165) is 13.0 Å². The molecule has 3 heteroatoms. The van der Waals surface area contributed by atoms with Crippen molar-refractivity contribution in [2.45, 2.75) is 17.9 Å². The van der Waals surface area contributed by atoms with Crippen molar-refractivity contribution in [3.05, 3.63) is 35.9 Å². The second kappa shape index (κ2) is 5.54. The number of hydrogen-bond donors (Lipinski definition) is 1. The normalized spacial score (nSPS) is 22.9. The SMILES string of the molecule is COC(Cc1ccccc1)[C@H]1NCCS1. The van der Waals surface area contributed by atoms with Gasteiger partial charge in [0, 0.05) is 25.8 Å². The van der Waals surface area contributed by atoms with Crippen LogP contribution in [0.2, 0.25) is 0 Å². The first-order chi connectivity index (χ1) is 7.40. The fourth-order valence-electron chi connectivity index (χ4n) is 1.85. The third-order valence-corrected chi connectivity index (χ3v) is 3.93. The topological polar surface area (TPSA) is 21.3 Å². The summed E-state index contributed by atoms with van der Waals surface area (Å²) in [5.41, 5.74) is 1.35. The first kappa shape index (κ1) is 11.0. The van der Waals surface area contributed by atoms with Gasteiger partial charge in [0.05, 0.1) is 11.5 Å². The molecule has 1 aliphatic rings. The van der Waals surface area contributed by atoms with Gasteiger partial charge in [0.25, 0.3) is 0 Å². The number of methoxy groups -OCH3 is 1. The summed E-state index contributed by atoms with van der Waals surface area (Å²) in [6, 6.07) is 10.5. The molecule has 1 aromatic carbocycles. The van der Waals surface area contributed by atoms with E-state index in [0.29, 0.717) is 5.37 Å². The quantitative estimate of drug-likeness (QED) is 0.842. The Hall–Kier alpha value is -0.510. The Labute approximate surface area is 95.4 Å². The molecule has 1 aromatic rings. The molecule has 0 bridgehead atoms. The van der Waals surface area contributed by atoms with Crippen LogP contribution in [0.25, 0.3) is 0 Å². The monoisotopic (exact) mass is 223 g/mol. The van der Waals surface area contributed by atoms with Crippen LogP contribution < -0.4 is 5.32 Å². The van der Waals surface area contributed by atoms with Crippen LogP contribution >= 0.6 is 11.8 Å². The van der Waals surface area contributed by atoms with Crippen LogP contribution in [0.15, 0.2) is 30.3 Å². The van der Waals surface area contributed by atoms with Crippen molar-refractivity contribution < 1.29 is 4.74 Å². The van der Waals surface area contributed by atoms with Crippen LogP contribution in [0.5, 0.6) is 0 Å². The van der Waals surface area contributed by atoms with Crippen LogP contribution in [0.1, 0.15) is 5.56 Å². The Balaban J connectivity index is 1.96. The highest BCUT2D eigenvalue weighted by molar-refractivity contribution is 8.00. The maximum absolute atomic E-state index is 5.55. The number of hydrogen-bond acceptors (Lipinski definition) is 3. The number of ether oxygens (including phenoxy) is 1. The van der Waals surface area contributed by atoms with Gasteiger partial charge < -0.3 is 10.1 Å². The predicted octanol–water partition coefficient (Wildman–Crippen LogP) is 1.91. The largest absolute Gasteiger partial charge is 0.379 e. The molecule has 0 amide bonds. The van der Waals surface area contributed by atoms with Crippen molar-refractivity contribution in [2.75, 3.05) is 19.4 Å². The summed E-state index contributed by atoms with van der Waals surface area (Å²) in [6.45, 7) is 1.10. The lowest BCUT2D eigenvalue weighted by Crippen LogP contribution is -2.35. The van der Waals surface area contributed by atoms with E-state index in [-0.39, 0.29) is 6.10 Å². The lowest BCUT2D eigenvalue weighted by molar-refractivity contribution is 0.0952. The summed E-state index contributed by atoms with van der Waals surface area (Å²) in [5, 5.41) is 3.92. The van der Waals surface area contributed by atoms with Gasteiger partial charge in [-0.05, 0) is 5.56 Å². The molecule has 1 saturated heterocycles.